The number of rotatable bonds is 4. The van der Waals surface area contributed by atoms with E-state index in [4.69, 9.17) is 4.74 Å². The second-order valence-electron chi connectivity index (χ2n) is 3.90. The molecule has 0 aromatic heterocycles. The van der Waals surface area contributed by atoms with E-state index in [-0.39, 0.29) is 5.78 Å². The van der Waals surface area contributed by atoms with Crippen LogP contribution in [0.25, 0.3) is 0 Å². The Morgan fingerprint density at radius 2 is 2.00 bits per heavy atom. The first-order valence-corrected chi connectivity index (χ1v) is 7.97. The molecule has 0 aliphatic heterocycles. The van der Waals surface area contributed by atoms with Gasteiger partial charge in [0.2, 0.25) is 0 Å². The van der Waals surface area contributed by atoms with E-state index in [0.717, 1.165) is 5.20 Å². The van der Waals surface area contributed by atoms with Gasteiger partial charge in [-0.3, -0.25) is 4.79 Å². The van der Waals surface area contributed by atoms with Gasteiger partial charge in [0, 0.05) is 5.20 Å². The summed E-state index contributed by atoms with van der Waals surface area (Å²) < 4.78 is 5.02. The zero-order valence-electron chi connectivity index (χ0n) is 9.10. The fourth-order valence-electron chi connectivity index (χ4n) is 1.03. The van der Waals surface area contributed by atoms with Crippen molar-refractivity contribution in [2.24, 2.45) is 0 Å². The van der Waals surface area contributed by atoms with Crippen molar-refractivity contribution < 1.29 is 9.53 Å². The molecular formula is C10H18O2Si. The van der Waals surface area contributed by atoms with Crippen molar-refractivity contribution in [3.05, 3.63) is 17.2 Å². The molecule has 74 valence electrons. The van der Waals surface area contributed by atoms with E-state index in [2.05, 4.69) is 25.4 Å². The predicted octanol–water partition coefficient (Wildman–Crippen LogP) is 2.53. The molecular weight excluding hydrogens is 180 g/mol. The highest BCUT2D eigenvalue weighted by molar-refractivity contribution is 6.87. The number of ketones is 1. The van der Waals surface area contributed by atoms with Crippen molar-refractivity contribution in [2.45, 2.75) is 33.5 Å². The van der Waals surface area contributed by atoms with Gasteiger partial charge in [0.25, 0.3) is 0 Å². The lowest BCUT2D eigenvalue weighted by molar-refractivity contribution is -0.113. The summed E-state index contributed by atoms with van der Waals surface area (Å²) in [6.45, 7) is 10.5. The molecule has 0 saturated heterocycles. The monoisotopic (exact) mass is 198 g/mol. The Balaban J connectivity index is 4.82. The SMILES string of the molecule is CCOC=C=C(C(C)=O)[Si](C)(C)C. The third-order valence-corrected chi connectivity index (χ3v) is 3.55. The van der Waals surface area contributed by atoms with Crippen molar-refractivity contribution in [1.82, 2.24) is 0 Å². The normalized spacial score (nSPS) is 10.2. The van der Waals surface area contributed by atoms with Crippen LogP contribution in [0.4, 0.5) is 0 Å². The van der Waals surface area contributed by atoms with Gasteiger partial charge in [-0.25, -0.2) is 0 Å². The van der Waals surface area contributed by atoms with Crippen LogP contribution in [0.2, 0.25) is 19.6 Å². The van der Waals surface area contributed by atoms with Gasteiger partial charge < -0.3 is 4.74 Å². The maximum atomic E-state index is 11.2. The molecule has 0 amide bonds. The van der Waals surface area contributed by atoms with E-state index in [1.54, 1.807) is 6.92 Å². The summed E-state index contributed by atoms with van der Waals surface area (Å²) in [7, 11) is -1.55. The van der Waals surface area contributed by atoms with Crippen molar-refractivity contribution >= 4 is 13.9 Å². The average Bonchev–Trinajstić information content (AvgIpc) is 1.94. The van der Waals surface area contributed by atoms with Crippen molar-refractivity contribution in [3.63, 3.8) is 0 Å². The maximum Gasteiger partial charge on any atom is 0.159 e. The van der Waals surface area contributed by atoms with E-state index in [9.17, 15) is 4.79 Å². The van der Waals surface area contributed by atoms with E-state index < -0.39 is 8.07 Å². The van der Waals surface area contributed by atoms with E-state index >= 15 is 0 Å². The van der Waals surface area contributed by atoms with E-state index in [1.807, 2.05) is 6.92 Å². The second-order valence-corrected chi connectivity index (χ2v) is 8.90. The minimum Gasteiger partial charge on any atom is -0.493 e. The summed E-state index contributed by atoms with van der Waals surface area (Å²) in [6.07, 6.45) is 1.50. The third-order valence-electron chi connectivity index (χ3n) is 1.56. The van der Waals surface area contributed by atoms with Gasteiger partial charge in [0.1, 0.15) is 6.26 Å². The van der Waals surface area contributed by atoms with Gasteiger partial charge in [-0.05, 0) is 13.8 Å². The van der Waals surface area contributed by atoms with Crippen LogP contribution in [0.5, 0.6) is 0 Å². The summed E-state index contributed by atoms with van der Waals surface area (Å²) in [5.41, 5.74) is 2.94. The second kappa shape index (κ2) is 5.05. The molecule has 3 heteroatoms. The van der Waals surface area contributed by atoms with Gasteiger partial charge in [-0.1, -0.05) is 25.4 Å². The summed E-state index contributed by atoms with van der Waals surface area (Å²) in [5, 5.41) is 0.806. The van der Waals surface area contributed by atoms with Gasteiger partial charge >= 0.3 is 0 Å². The van der Waals surface area contributed by atoms with Crippen LogP contribution in [0.3, 0.4) is 0 Å². The standard InChI is InChI=1S/C10H18O2Si/c1-6-12-8-7-10(9(2)11)13(3,4)5/h8H,6H2,1-5H3. The van der Waals surface area contributed by atoms with Crippen LogP contribution in [0.1, 0.15) is 13.8 Å². The Morgan fingerprint density at radius 3 is 2.31 bits per heavy atom. The molecule has 0 aromatic rings. The van der Waals surface area contributed by atoms with Gasteiger partial charge in [-0.15, -0.1) is 0 Å². The molecule has 0 atom stereocenters. The number of hydrogen-bond donors (Lipinski definition) is 0. The molecule has 13 heavy (non-hydrogen) atoms. The van der Waals surface area contributed by atoms with Crippen molar-refractivity contribution in [1.29, 1.82) is 0 Å². The number of Topliss-reactive ketones (excluding diaryl/α,β-unsaturated/α-hetero) is 1. The fourth-order valence-corrected chi connectivity index (χ4v) is 2.58. The Labute approximate surface area is 81.3 Å². The molecule has 0 radical (unpaired) electrons. The third kappa shape index (κ3) is 4.71. The predicted molar refractivity (Wildman–Crippen MR) is 57.2 cm³/mol. The average molecular weight is 198 g/mol. The molecule has 2 nitrogen and oxygen atoms in total. The number of allylic oxidation sites excluding steroid dienone is 1. The zero-order valence-corrected chi connectivity index (χ0v) is 10.1. The minimum absolute atomic E-state index is 0.107. The summed E-state index contributed by atoms with van der Waals surface area (Å²) >= 11 is 0. The molecule has 0 bridgehead atoms. The number of carbonyl (C=O) groups excluding carboxylic acids is 1. The summed E-state index contributed by atoms with van der Waals surface area (Å²) in [5.74, 6) is 0.107. The molecule has 0 aliphatic carbocycles. The topological polar surface area (TPSA) is 26.3 Å². The molecule has 0 rings (SSSR count). The minimum atomic E-state index is -1.55. The van der Waals surface area contributed by atoms with Gasteiger partial charge in [0.05, 0.1) is 14.7 Å². The molecule has 0 aliphatic rings. The summed E-state index contributed by atoms with van der Waals surface area (Å²) in [6, 6.07) is 0. The molecule has 0 saturated carbocycles. The van der Waals surface area contributed by atoms with Crippen LogP contribution < -0.4 is 0 Å². The van der Waals surface area contributed by atoms with Crippen LogP contribution >= 0.6 is 0 Å². The van der Waals surface area contributed by atoms with Gasteiger partial charge in [-0.2, -0.15) is 0 Å². The molecule has 0 spiro atoms. The van der Waals surface area contributed by atoms with E-state index in [1.165, 1.54) is 6.26 Å². The van der Waals surface area contributed by atoms with Crippen LogP contribution in [0.15, 0.2) is 17.2 Å². The highest BCUT2D eigenvalue weighted by Crippen LogP contribution is 2.13. The Hall–Kier alpha value is -0.793. The first-order chi connectivity index (χ1) is 5.89. The number of ether oxygens (including phenoxy) is 1. The van der Waals surface area contributed by atoms with Crippen molar-refractivity contribution in [2.75, 3.05) is 6.61 Å². The van der Waals surface area contributed by atoms with Crippen LogP contribution in [-0.2, 0) is 9.53 Å². The van der Waals surface area contributed by atoms with Crippen LogP contribution in [0, 0.1) is 0 Å². The first kappa shape index (κ1) is 12.2. The molecule has 0 unspecified atom stereocenters. The molecule has 0 fully saturated rings. The number of carbonyl (C=O) groups is 1. The van der Waals surface area contributed by atoms with E-state index in [0.29, 0.717) is 6.61 Å². The molecule has 0 aromatic carbocycles. The maximum absolute atomic E-state index is 11.2. The Kier molecular flexibility index (Phi) is 4.74. The largest absolute Gasteiger partial charge is 0.493 e. The van der Waals surface area contributed by atoms with Crippen LogP contribution in [-0.4, -0.2) is 20.5 Å². The lowest BCUT2D eigenvalue weighted by Crippen LogP contribution is -2.27. The smallest absolute Gasteiger partial charge is 0.159 e. The first-order valence-electron chi connectivity index (χ1n) is 4.47. The Morgan fingerprint density at radius 1 is 1.46 bits per heavy atom. The highest BCUT2D eigenvalue weighted by Gasteiger charge is 2.22. The quantitative estimate of drug-likeness (QED) is 0.300. The zero-order chi connectivity index (χ0) is 10.5. The van der Waals surface area contributed by atoms with Gasteiger partial charge in [0.15, 0.2) is 5.78 Å². The van der Waals surface area contributed by atoms with Crippen molar-refractivity contribution in [3.8, 4) is 0 Å². The molecule has 0 N–H and O–H groups in total. The number of hydrogen-bond acceptors (Lipinski definition) is 2. The summed E-state index contributed by atoms with van der Waals surface area (Å²) in [4.78, 5) is 11.2. The fraction of sp³-hybridized carbons (Fsp3) is 0.600. The lowest BCUT2D eigenvalue weighted by atomic mass is 10.4. The lowest BCUT2D eigenvalue weighted by Gasteiger charge is -2.15. The highest BCUT2D eigenvalue weighted by atomic mass is 28.3. The Bertz CT molecular complexity index is 242. The molecule has 0 heterocycles.